The molecule has 1 amide bonds. The number of aliphatic imine (C=N–C) groups is 1. The van der Waals surface area contributed by atoms with Gasteiger partial charge in [0.25, 0.3) is 0 Å². The molecule has 4 heterocycles. The Balaban J connectivity index is 0.000000199. The summed E-state index contributed by atoms with van der Waals surface area (Å²) in [6.45, 7) is 15.5. The van der Waals surface area contributed by atoms with Crippen molar-refractivity contribution >= 4 is 81.9 Å². The van der Waals surface area contributed by atoms with E-state index in [0.29, 0.717) is 67.4 Å². The molecule has 0 unspecified atom stereocenters. The van der Waals surface area contributed by atoms with Crippen LogP contribution < -0.4 is 5.32 Å². The fourth-order valence-electron chi connectivity index (χ4n) is 10.2. The SMILES string of the molecule is CN1CCN(CCCO)CC1.COC(=O)c1cc(-c2ccc(-c3cccc(N=C=O)c3)cc2C)n(-c2c(Cl)cccc2Cl)n1.COC(=O)c1cc(-c2ccc(-c3cccc(NC(=O)OCCCN4CCN(C)CC4)c3)cc2C)n(-c2c(Cl)cccc2Cl)n1. The smallest absolute Gasteiger partial charge is 0.411 e. The van der Waals surface area contributed by atoms with Crippen LogP contribution >= 0.6 is 46.4 Å². The molecule has 8 aromatic rings. The molecule has 2 saturated heterocycles. The van der Waals surface area contributed by atoms with E-state index in [-0.39, 0.29) is 11.4 Å². The summed E-state index contributed by atoms with van der Waals surface area (Å²) in [5, 5.41) is 21.9. The highest BCUT2D eigenvalue weighted by Crippen LogP contribution is 2.38. The number of aliphatic hydroxyl groups is 1. The quantitative estimate of drug-likeness (QED) is 0.0288. The van der Waals surface area contributed by atoms with Gasteiger partial charge in [-0.1, -0.05) is 119 Å². The summed E-state index contributed by atoms with van der Waals surface area (Å²) in [6, 6.07) is 40.4. The van der Waals surface area contributed by atoms with Gasteiger partial charge in [-0.2, -0.15) is 15.2 Å². The van der Waals surface area contributed by atoms with Gasteiger partial charge < -0.3 is 38.9 Å². The number of carbonyl (C=O) groups is 3. The van der Waals surface area contributed by atoms with Gasteiger partial charge >= 0.3 is 18.0 Å². The number of nitrogens with one attached hydrogen (secondary N) is 1. The molecule has 18 nitrogen and oxygen atoms in total. The van der Waals surface area contributed by atoms with E-state index in [1.54, 1.807) is 70.0 Å². The maximum Gasteiger partial charge on any atom is 0.411 e. The molecule has 22 heteroatoms. The van der Waals surface area contributed by atoms with Crippen molar-refractivity contribution in [1.29, 1.82) is 0 Å². The minimum absolute atomic E-state index is 0.131. The van der Waals surface area contributed by atoms with Crippen LogP contribution in [0.4, 0.5) is 16.2 Å². The number of amides is 1. The Morgan fingerprint density at radius 1 is 0.568 bits per heavy atom. The van der Waals surface area contributed by atoms with Crippen molar-refractivity contribution in [3.63, 3.8) is 0 Å². The molecule has 2 aromatic heterocycles. The van der Waals surface area contributed by atoms with E-state index in [1.165, 1.54) is 27.3 Å². The largest absolute Gasteiger partial charge is 0.464 e. The summed E-state index contributed by atoms with van der Waals surface area (Å²) in [6.07, 6.45) is 2.80. The Bertz CT molecular complexity index is 3730. The number of rotatable bonds is 17. The van der Waals surface area contributed by atoms with Gasteiger partial charge in [0, 0.05) is 88.9 Å². The summed E-state index contributed by atoms with van der Waals surface area (Å²) >= 11 is 25.9. The highest BCUT2D eigenvalue weighted by molar-refractivity contribution is 6.38. The first-order valence-corrected chi connectivity index (χ1v) is 30.1. The first kappa shape index (κ1) is 66.2. The molecule has 6 aromatic carbocycles. The number of aromatic nitrogens is 4. The first-order chi connectivity index (χ1) is 42.5. The van der Waals surface area contributed by atoms with Gasteiger partial charge in [-0.05, 0) is 135 Å². The van der Waals surface area contributed by atoms with Crippen LogP contribution in [0.3, 0.4) is 0 Å². The maximum atomic E-state index is 12.5. The molecule has 460 valence electrons. The van der Waals surface area contributed by atoms with E-state index in [1.807, 2.05) is 92.7 Å². The number of hydrogen-bond acceptors (Lipinski definition) is 15. The van der Waals surface area contributed by atoms with Crippen LogP contribution in [0.15, 0.2) is 138 Å². The van der Waals surface area contributed by atoms with Crippen molar-refractivity contribution in [3.8, 4) is 56.1 Å². The number of aliphatic hydroxyl groups excluding tert-OH is 1. The number of isocyanates is 1. The molecule has 0 bridgehead atoms. The van der Waals surface area contributed by atoms with Crippen LogP contribution in [0.5, 0.6) is 0 Å². The van der Waals surface area contributed by atoms with Gasteiger partial charge in [-0.3, -0.25) is 5.32 Å². The number of ether oxygens (including phenoxy) is 3. The summed E-state index contributed by atoms with van der Waals surface area (Å²) in [5.74, 6) is -1.14. The minimum Gasteiger partial charge on any atom is -0.464 e. The zero-order valence-electron chi connectivity index (χ0n) is 49.9. The molecule has 0 saturated carbocycles. The third-order valence-electron chi connectivity index (χ3n) is 15.0. The monoisotopic (exact) mass is 1270 g/mol. The van der Waals surface area contributed by atoms with Crippen LogP contribution in [0, 0.1) is 13.8 Å². The van der Waals surface area contributed by atoms with Crippen LogP contribution in [0.2, 0.25) is 20.1 Å². The molecular weight excluding hydrogens is 1200 g/mol. The van der Waals surface area contributed by atoms with Crippen molar-refractivity contribution in [2.24, 2.45) is 4.99 Å². The van der Waals surface area contributed by atoms with E-state index >= 15 is 0 Å². The summed E-state index contributed by atoms with van der Waals surface area (Å²) < 4.78 is 18.3. The molecule has 0 aliphatic carbocycles. The Labute approximate surface area is 532 Å². The number of methoxy groups -OCH3 is 2. The molecular formula is C66H70Cl4N10O8. The number of likely N-dealkylation sites (N-methyl/N-ethyl adjacent to an activating group) is 2. The lowest BCUT2D eigenvalue weighted by Crippen LogP contribution is -2.44. The van der Waals surface area contributed by atoms with Crippen molar-refractivity contribution in [1.82, 2.24) is 39.2 Å². The van der Waals surface area contributed by atoms with Crippen LogP contribution in [0.25, 0.3) is 56.1 Å². The second-order valence-corrected chi connectivity index (χ2v) is 22.8. The molecule has 0 spiro atoms. The Morgan fingerprint density at radius 3 is 1.44 bits per heavy atom. The standard InChI is InChI=1S/C33H35Cl2N5O4.C25H17Cl2N3O3.C8H18N2O/c1-22-19-24(23-7-4-8-25(20-23)36-33(42)44-18-6-13-39-16-14-38(2)15-17-39)11-12-26(22)30-21-29(32(41)43-3)37-40(30)31-27(34)9-5-10-28(31)35;1-15-11-17(16-5-3-6-18(12-16)28-14-31)9-10-19(15)23-13-22(25(32)33-2)29-30(23)24-20(26)7-4-8-21(24)27;1-9-4-6-10(7-5-9)3-2-8-11/h4-5,7-12,19-21H,6,13-18H2,1-3H3,(H,36,42);3-13H,1-2H3;11H,2-8H2,1H3. The van der Waals surface area contributed by atoms with Crippen LogP contribution in [-0.4, -0.2) is 175 Å². The molecule has 2 fully saturated rings. The first-order valence-electron chi connectivity index (χ1n) is 28.6. The number of nitrogens with zero attached hydrogens (tertiary/aromatic N) is 9. The van der Waals surface area contributed by atoms with Crippen molar-refractivity contribution in [2.75, 3.05) is 112 Å². The summed E-state index contributed by atoms with van der Waals surface area (Å²) in [4.78, 5) is 60.8. The van der Waals surface area contributed by atoms with Crippen molar-refractivity contribution in [3.05, 3.63) is 176 Å². The topological polar surface area (TPSA) is 189 Å². The Morgan fingerprint density at radius 2 is 1.00 bits per heavy atom. The minimum atomic E-state index is -0.569. The van der Waals surface area contributed by atoms with E-state index < -0.39 is 18.0 Å². The number of carbonyl (C=O) groups excluding carboxylic acids is 4. The summed E-state index contributed by atoms with van der Waals surface area (Å²) in [7, 11) is 6.90. The predicted octanol–water partition coefficient (Wildman–Crippen LogP) is 13.0. The van der Waals surface area contributed by atoms with Crippen molar-refractivity contribution < 1.29 is 38.5 Å². The van der Waals surface area contributed by atoms with E-state index in [2.05, 4.69) is 54.2 Å². The van der Waals surface area contributed by atoms with Gasteiger partial charge in [0.2, 0.25) is 6.08 Å². The predicted molar refractivity (Wildman–Crippen MR) is 348 cm³/mol. The molecule has 2 aliphatic rings. The lowest BCUT2D eigenvalue weighted by Gasteiger charge is -2.32. The normalized spacial score (nSPS) is 13.7. The number of esters is 2. The molecule has 0 radical (unpaired) electrons. The highest BCUT2D eigenvalue weighted by atomic mass is 35.5. The zero-order chi connectivity index (χ0) is 62.9. The van der Waals surface area contributed by atoms with Gasteiger partial charge in [-0.15, -0.1) is 0 Å². The van der Waals surface area contributed by atoms with Crippen molar-refractivity contribution in [2.45, 2.75) is 26.7 Å². The van der Waals surface area contributed by atoms with Gasteiger partial charge in [0.1, 0.15) is 11.4 Å². The fraction of sp³-hybridized carbons (Fsp3) is 0.303. The molecule has 2 aliphatic heterocycles. The number of piperazine rings is 2. The van der Waals surface area contributed by atoms with Gasteiger partial charge in [-0.25, -0.2) is 28.5 Å². The second kappa shape index (κ2) is 32.0. The van der Waals surface area contributed by atoms with E-state index in [4.69, 9.17) is 65.7 Å². The number of aryl methyl sites for hydroxylation is 2. The number of hydrogen-bond donors (Lipinski definition) is 2. The number of para-hydroxylation sites is 2. The average Bonchev–Trinajstić information content (AvgIpc) is 1.73. The Hall–Kier alpha value is -7.71. The lowest BCUT2D eigenvalue weighted by atomic mass is 9.97. The lowest BCUT2D eigenvalue weighted by molar-refractivity contribution is 0.0584. The fourth-order valence-corrected chi connectivity index (χ4v) is 11.3. The zero-order valence-corrected chi connectivity index (χ0v) is 53.0. The van der Waals surface area contributed by atoms with E-state index in [0.717, 1.165) is 110 Å². The van der Waals surface area contributed by atoms with Crippen LogP contribution in [-0.2, 0) is 19.0 Å². The van der Waals surface area contributed by atoms with Crippen LogP contribution in [0.1, 0.15) is 44.9 Å². The molecule has 2 N–H and O–H groups in total. The maximum absolute atomic E-state index is 12.5. The molecule has 10 rings (SSSR count). The number of anilines is 1. The molecule has 88 heavy (non-hydrogen) atoms. The highest BCUT2D eigenvalue weighted by Gasteiger charge is 2.24. The summed E-state index contributed by atoms with van der Waals surface area (Å²) in [5.41, 5.74) is 10.9. The second-order valence-electron chi connectivity index (χ2n) is 21.2. The third-order valence-corrected chi connectivity index (χ3v) is 16.2. The van der Waals surface area contributed by atoms with Gasteiger partial charge in [0.05, 0.1) is 58.0 Å². The third kappa shape index (κ3) is 17.3. The number of benzene rings is 6. The Kier molecular flexibility index (Phi) is 24.1. The number of halogens is 4. The van der Waals surface area contributed by atoms with Gasteiger partial charge in [0.15, 0.2) is 11.4 Å². The van der Waals surface area contributed by atoms with E-state index in [9.17, 15) is 19.2 Å². The molecule has 0 atom stereocenters. The average molecular weight is 1270 g/mol.